The van der Waals surface area contributed by atoms with Gasteiger partial charge in [-0.1, -0.05) is 26.0 Å². The molecule has 0 aliphatic rings. The summed E-state index contributed by atoms with van der Waals surface area (Å²) < 4.78 is 5.64. The number of rotatable bonds is 7. The van der Waals surface area contributed by atoms with Crippen molar-refractivity contribution in [2.75, 3.05) is 26.8 Å². The van der Waals surface area contributed by atoms with E-state index >= 15 is 0 Å². The monoisotopic (exact) mass is 280 g/mol. The number of amides is 2. The normalized spacial score (nSPS) is 10.4. The second-order valence-corrected chi connectivity index (χ2v) is 5.16. The van der Waals surface area contributed by atoms with E-state index in [2.05, 4.69) is 19.2 Å². The number of nitrogens with zero attached hydrogens (tertiary/aromatic N) is 1. The third-order valence-electron chi connectivity index (χ3n) is 2.71. The van der Waals surface area contributed by atoms with E-state index in [1.165, 1.54) is 4.90 Å². The van der Waals surface area contributed by atoms with Gasteiger partial charge in [-0.05, 0) is 23.6 Å². The zero-order valence-corrected chi connectivity index (χ0v) is 12.4. The second-order valence-electron chi connectivity index (χ2n) is 5.16. The Morgan fingerprint density at radius 2 is 2.20 bits per heavy atom. The molecule has 0 bridgehead atoms. The summed E-state index contributed by atoms with van der Waals surface area (Å²) in [6.07, 6.45) is 0. The van der Waals surface area contributed by atoms with Crippen LogP contribution in [-0.4, -0.2) is 42.8 Å². The highest BCUT2D eigenvalue weighted by Crippen LogP contribution is 2.14. The number of carbonyl (C=O) groups excluding carboxylic acids is 1. The lowest BCUT2D eigenvalue weighted by Crippen LogP contribution is -2.38. The number of hydrogen-bond acceptors (Lipinski definition) is 3. The second kappa shape index (κ2) is 8.43. The molecule has 0 atom stereocenters. The third kappa shape index (κ3) is 5.93. The smallest absolute Gasteiger partial charge is 0.317 e. The Hall–Kier alpha value is -1.75. The molecule has 0 saturated carbocycles. The molecular formula is C15H24N2O3. The van der Waals surface area contributed by atoms with E-state index in [0.717, 1.165) is 11.3 Å². The fourth-order valence-electron chi connectivity index (χ4n) is 1.57. The number of carbonyl (C=O) groups is 1. The lowest BCUT2D eigenvalue weighted by Gasteiger charge is -2.16. The number of nitrogens with one attached hydrogen (secondary N) is 1. The van der Waals surface area contributed by atoms with E-state index in [4.69, 9.17) is 9.84 Å². The topological polar surface area (TPSA) is 61.8 Å². The maximum Gasteiger partial charge on any atom is 0.317 e. The van der Waals surface area contributed by atoms with Crippen LogP contribution in [0.3, 0.4) is 0 Å². The van der Waals surface area contributed by atoms with E-state index in [-0.39, 0.29) is 12.6 Å². The van der Waals surface area contributed by atoms with Crippen LogP contribution in [0.1, 0.15) is 19.4 Å². The Morgan fingerprint density at radius 1 is 1.45 bits per heavy atom. The highest BCUT2D eigenvalue weighted by Gasteiger charge is 2.07. The van der Waals surface area contributed by atoms with Gasteiger partial charge in [-0.3, -0.25) is 0 Å². The minimum absolute atomic E-state index is 0.0392. The molecule has 0 aliphatic carbocycles. The summed E-state index contributed by atoms with van der Waals surface area (Å²) in [5.74, 6) is 1.29. The Balaban J connectivity index is 2.47. The largest absolute Gasteiger partial charge is 0.493 e. The first-order valence-electron chi connectivity index (χ1n) is 6.84. The van der Waals surface area contributed by atoms with Crippen molar-refractivity contribution in [3.63, 3.8) is 0 Å². The Kier molecular flexibility index (Phi) is 6.87. The van der Waals surface area contributed by atoms with Crippen LogP contribution in [0.2, 0.25) is 0 Å². The number of likely N-dealkylation sites (N-methyl/N-ethyl adjacent to an activating group) is 1. The Morgan fingerprint density at radius 3 is 2.85 bits per heavy atom. The van der Waals surface area contributed by atoms with Crippen molar-refractivity contribution < 1.29 is 14.6 Å². The lowest BCUT2D eigenvalue weighted by atomic mass is 10.2. The molecule has 1 aromatic rings. The number of benzene rings is 1. The molecule has 0 aromatic heterocycles. The van der Waals surface area contributed by atoms with Crippen LogP contribution in [0.5, 0.6) is 5.75 Å². The molecule has 2 N–H and O–H groups in total. The standard InChI is InChI=1S/C15H24N2O3/c1-12(2)11-20-14-6-4-5-13(9-14)10-16-15(19)17(3)7-8-18/h4-6,9,12,18H,7-8,10-11H2,1-3H3,(H,16,19). The molecule has 0 aliphatic heterocycles. The summed E-state index contributed by atoms with van der Waals surface area (Å²) in [6, 6.07) is 7.48. The van der Waals surface area contributed by atoms with Gasteiger partial charge in [0.15, 0.2) is 0 Å². The summed E-state index contributed by atoms with van der Waals surface area (Å²) in [7, 11) is 1.65. The summed E-state index contributed by atoms with van der Waals surface area (Å²) >= 11 is 0. The summed E-state index contributed by atoms with van der Waals surface area (Å²) in [4.78, 5) is 13.1. The van der Waals surface area contributed by atoms with Crippen LogP contribution >= 0.6 is 0 Å². The minimum Gasteiger partial charge on any atom is -0.493 e. The van der Waals surface area contributed by atoms with Crippen LogP contribution in [-0.2, 0) is 6.54 Å². The van der Waals surface area contributed by atoms with E-state index in [1.54, 1.807) is 7.05 Å². The van der Waals surface area contributed by atoms with E-state index in [1.807, 2.05) is 24.3 Å². The average Bonchev–Trinajstić information content (AvgIpc) is 2.43. The van der Waals surface area contributed by atoms with Crippen LogP contribution in [0, 0.1) is 5.92 Å². The maximum absolute atomic E-state index is 11.7. The molecule has 5 heteroatoms. The SMILES string of the molecule is CC(C)COc1cccc(CNC(=O)N(C)CCO)c1. The van der Waals surface area contributed by atoms with Gasteiger partial charge in [-0.2, -0.15) is 0 Å². The van der Waals surface area contributed by atoms with Gasteiger partial charge >= 0.3 is 6.03 Å². The molecule has 0 saturated heterocycles. The minimum atomic E-state index is -0.201. The van der Waals surface area contributed by atoms with Crippen LogP contribution in [0.25, 0.3) is 0 Å². The van der Waals surface area contributed by atoms with E-state index in [9.17, 15) is 4.79 Å². The number of aliphatic hydroxyl groups is 1. The van der Waals surface area contributed by atoms with Gasteiger partial charge < -0.3 is 20.1 Å². The highest BCUT2D eigenvalue weighted by atomic mass is 16.5. The molecule has 1 rings (SSSR count). The molecule has 2 amide bonds. The van der Waals surface area contributed by atoms with Crippen LogP contribution in [0.15, 0.2) is 24.3 Å². The molecule has 0 heterocycles. The van der Waals surface area contributed by atoms with Crippen LogP contribution in [0.4, 0.5) is 4.79 Å². The fourth-order valence-corrected chi connectivity index (χ4v) is 1.57. The molecule has 1 aromatic carbocycles. The quantitative estimate of drug-likeness (QED) is 0.801. The first kappa shape index (κ1) is 16.3. The van der Waals surface area contributed by atoms with Gasteiger partial charge in [-0.25, -0.2) is 4.79 Å². The first-order valence-corrected chi connectivity index (χ1v) is 6.84. The molecule has 0 spiro atoms. The maximum atomic E-state index is 11.7. The third-order valence-corrected chi connectivity index (χ3v) is 2.71. The highest BCUT2D eigenvalue weighted by molar-refractivity contribution is 5.73. The first-order chi connectivity index (χ1) is 9.52. The van der Waals surface area contributed by atoms with Crippen molar-refractivity contribution in [3.05, 3.63) is 29.8 Å². The van der Waals surface area contributed by atoms with Gasteiger partial charge in [0, 0.05) is 20.1 Å². The van der Waals surface area contributed by atoms with E-state index in [0.29, 0.717) is 25.6 Å². The number of hydrogen-bond donors (Lipinski definition) is 2. The van der Waals surface area contributed by atoms with Crippen LogP contribution < -0.4 is 10.1 Å². The van der Waals surface area contributed by atoms with Crippen molar-refractivity contribution in [2.24, 2.45) is 5.92 Å². The molecule has 5 nitrogen and oxygen atoms in total. The van der Waals surface area contributed by atoms with E-state index < -0.39 is 0 Å². The number of ether oxygens (including phenoxy) is 1. The van der Waals surface area contributed by atoms with Gasteiger partial charge in [0.1, 0.15) is 5.75 Å². The summed E-state index contributed by atoms with van der Waals surface area (Å²) in [5, 5.41) is 11.6. The molecule has 112 valence electrons. The summed E-state index contributed by atoms with van der Waals surface area (Å²) in [6.45, 7) is 5.59. The van der Waals surface area contributed by atoms with Crippen molar-refractivity contribution in [1.82, 2.24) is 10.2 Å². The molecule has 0 unspecified atom stereocenters. The fraction of sp³-hybridized carbons (Fsp3) is 0.533. The van der Waals surface area contributed by atoms with Gasteiger partial charge in [0.05, 0.1) is 13.2 Å². The predicted octanol–water partition coefficient (Wildman–Crippen LogP) is 1.86. The Bertz CT molecular complexity index is 421. The lowest BCUT2D eigenvalue weighted by molar-refractivity contribution is 0.190. The zero-order chi connectivity index (χ0) is 15.0. The molecule has 0 fully saturated rings. The molecule has 0 radical (unpaired) electrons. The number of aliphatic hydroxyl groups excluding tert-OH is 1. The van der Waals surface area contributed by atoms with Crippen molar-refractivity contribution in [3.8, 4) is 5.75 Å². The predicted molar refractivity (Wildman–Crippen MR) is 78.7 cm³/mol. The van der Waals surface area contributed by atoms with Crippen molar-refractivity contribution >= 4 is 6.03 Å². The van der Waals surface area contributed by atoms with Gasteiger partial charge in [-0.15, -0.1) is 0 Å². The molecule has 20 heavy (non-hydrogen) atoms. The zero-order valence-electron chi connectivity index (χ0n) is 12.4. The van der Waals surface area contributed by atoms with Crippen molar-refractivity contribution in [2.45, 2.75) is 20.4 Å². The van der Waals surface area contributed by atoms with Crippen molar-refractivity contribution in [1.29, 1.82) is 0 Å². The Labute approximate surface area is 120 Å². The number of urea groups is 1. The van der Waals surface area contributed by atoms with Gasteiger partial charge in [0.25, 0.3) is 0 Å². The summed E-state index contributed by atoms with van der Waals surface area (Å²) in [5.41, 5.74) is 0.983. The van der Waals surface area contributed by atoms with Gasteiger partial charge in [0.2, 0.25) is 0 Å². The average molecular weight is 280 g/mol. The molecular weight excluding hydrogens is 256 g/mol.